The van der Waals surface area contributed by atoms with E-state index in [1.54, 1.807) is 32.0 Å². The van der Waals surface area contributed by atoms with Crippen molar-refractivity contribution in [1.82, 2.24) is 0 Å². The number of sulfonamides is 1. The SMILES string of the molecule is CCS(=O)(=O)Nc1ccc(NC(=O)COc2cc(C)ccc2C)cc1C. The normalized spacial score (nSPS) is 11.1. The molecule has 26 heavy (non-hydrogen) atoms. The fourth-order valence-corrected chi connectivity index (χ4v) is 3.01. The number of hydrogen-bond acceptors (Lipinski definition) is 4. The van der Waals surface area contributed by atoms with Crippen molar-refractivity contribution < 1.29 is 17.9 Å². The van der Waals surface area contributed by atoms with E-state index in [2.05, 4.69) is 10.0 Å². The summed E-state index contributed by atoms with van der Waals surface area (Å²) in [5.41, 5.74) is 3.82. The van der Waals surface area contributed by atoms with Crippen molar-refractivity contribution in [2.75, 3.05) is 22.4 Å². The van der Waals surface area contributed by atoms with Crippen molar-refractivity contribution in [3.63, 3.8) is 0 Å². The summed E-state index contributed by atoms with van der Waals surface area (Å²) in [5, 5.41) is 2.75. The Morgan fingerprint density at radius 2 is 1.77 bits per heavy atom. The van der Waals surface area contributed by atoms with Crippen LogP contribution in [0.4, 0.5) is 11.4 Å². The van der Waals surface area contributed by atoms with Gasteiger partial charge in [0, 0.05) is 5.69 Å². The van der Waals surface area contributed by atoms with Crippen LogP contribution in [-0.4, -0.2) is 26.7 Å². The summed E-state index contributed by atoms with van der Waals surface area (Å²) in [6, 6.07) is 10.8. The van der Waals surface area contributed by atoms with Crippen molar-refractivity contribution in [2.24, 2.45) is 0 Å². The van der Waals surface area contributed by atoms with Gasteiger partial charge < -0.3 is 10.1 Å². The Morgan fingerprint density at radius 1 is 1.04 bits per heavy atom. The molecule has 0 aliphatic carbocycles. The minimum absolute atomic E-state index is 0.000638. The van der Waals surface area contributed by atoms with E-state index in [1.807, 2.05) is 32.0 Å². The summed E-state index contributed by atoms with van der Waals surface area (Å²) in [7, 11) is -3.34. The number of hydrogen-bond donors (Lipinski definition) is 2. The number of carbonyl (C=O) groups excluding carboxylic acids is 1. The third-order valence-corrected chi connectivity index (χ3v) is 5.15. The van der Waals surface area contributed by atoms with Gasteiger partial charge in [0.25, 0.3) is 5.91 Å². The number of benzene rings is 2. The van der Waals surface area contributed by atoms with Crippen LogP contribution in [0.1, 0.15) is 23.6 Å². The van der Waals surface area contributed by atoms with E-state index < -0.39 is 10.0 Å². The summed E-state index contributed by atoms with van der Waals surface area (Å²) in [5.74, 6) is 0.397. The van der Waals surface area contributed by atoms with Crippen molar-refractivity contribution in [1.29, 1.82) is 0 Å². The molecule has 0 atom stereocenters. The highest BCUT2D eigenvalue weighted by molar-refractivity contribution is 7.92. The summed E-state index contributed by atoms with van der Waals surface area (Å²) < 4.78 is 31.4. The third kappa shape index (κ3) is 5.49. The van der Waals surface area contributed by atoms with Gasteiger partial charge in [-0.1, -0.05) is 12.1 Å². The zero-order valence-electron chi connectivity index (χ0n) is 15.4. The first-order valence-corrected chi connectivity index (χ1v) is 9.96. The van der Waals surface area contributed by atoms with Crippen molar-refractivity contribution in [3.05, 3.63) is 53.1 Å². The summed E-state index contributed by atoms with van der Waals surface area (Å²) in [6.07, 6.45) is 0. The standard InChI is InChI=1S/C19H24N2O4S/c1-5-26(23,24)21-17-9-8-16(11-15(17)4)20-19(22)12-25-18-10-13(2)6-7-14(18)3/h6-11,21H,5,12H2,1-4H3,(H,20,22). The van der Waals surface area contributed by atoms with E-state index >= 15 is 0 Å². The Labute approximate surface area is 154 Å². The zero-order valence-corrected chi connectivity index (χ0v) is 16.2. The van der Waals surface area contributed by atoms with Crippen LogP contribution in [0.3, 0.4) is 0 Å². The third-order valence-electron chi connectivity index (χ3n) is 3.86. The first-order valence-electron chi connectivity index (χ1n) is 8.31. The molecule has 0 unspecified atom stereocenters. The lowest BCUT2D eigenvalue weighted by molar-refractivity contribution is -0.118. The van der Waals surface area contributed by atoms with Crippen LogP contribution in [-0.2, 0) is 14.8 Å². The van der Waals surface area contributed by atoms with E-state index in [4.69, 9.17) is 4.74 Å². The van der Waals surface area contributed by atoms with Crippen LogP contribution in [0.2, 0.25) is 0 Å². The molecule has 2 aromatic carbocycles. The predicted octanol–water partition coefficient (Wildman–Crippen LogP) is 3.39. The first-order chi connectivity index (χ1) is 12.2. The molecule has 0 aliphatic heterocycles. The molecule has 0 heterocycles. The molecule has 0 fully saturated rings. The number of carbonyl (C=O) groups is 1. The number of nitrogens with one attached hydrogen (secondary N) is 2. The highest BCUT2D eigenvalue weighted by Gasteiger charge is 2.11. The molecule has 0 aliphatic rings. The summed E-state index contributed by atoms with van der Waals surface area (Å²) in [6.45, 7) is 7.13. The molecule has 2 N–H and O–H groups in total. The second kappa shape index (κ2) is 8.23. The molecular formula is C19H24N2O4S. The van der Waals surface area contributed by atoms with E-state index in [9.17, 15) is 13.2 Å². The Balaban J connectivity index is 1.99. The molecule has 0 saturated heterocycles. The van der Waals surface area contributed by atoms with Crippen molar-refractivity contribution >= 4 is 27.3 Å². The molecule has 2 aromatic rings. The lowest BCUT2D eigenvalue weighted by atomic mass is 10.1. The van der Waals surface area contributed by atoms with Crippen molar-refractivity contribution in [3.8, 4) is 5.75 Å². The number of rotatable bonds is 7. The highest BCUT2D eigenvalue weighted by Crippen LogP contribution is 2.22. The van der Waals surface area contributed by atoms with Gasteiger partial charge in [-0.25, -0.2) is 8.42 Å². The van der Waals surface area contributed by atoms with Gasteiger partial charge in [0.1, 0.15) is 5.75 Å². The van der Waals surface area contributed by atoms with Gasteiger partial charge in [0.2, 0.25) is 10.0 Å². The number of amides is 1. The van der Waals surface area contributed by atoms with Gasteiger partial charge >= 0.3 is 0 Å². The molecule has 7 heteroatoms. The molecule has 2 rings (SSSR count). The van der Waals surface area contributed by atoms with Crippen LogP contribution >= 0.6 is 0 Å². The van der Waals surface area contributed by atoms with Gasteiger partial charge in [-0.2, -0.15) is 0 Å². The smallest absolute Gasteiger partial charge is 0.262 e. The zero-order chi connectivity index (χ0) is 19.3. The highest BCUT2D eigenvalue weighted by atomic mass is 32.2. The average Bonchev–Trinajstić information content (AvgIpc) is 2.58. The molecule has 0 radical (unpaired) electrons. The largest absolute Gasteiger partial charge is 0.483 e. The topological polar surface area (TPSA) is 84.5 Å². The van der Waals surface area contributed by atoms with Gasteiger partial charge in [0.05, 0.1) is 11.4 Å². The predicted molar refractivity (Wildman–Crippen MR) is 104 cm³/mol. The molecule has 0 spiro atoms. The van der Waals surface area contributed by atoms with E-state index in [1.165, 1.54) is 0 Å². The van der Waals surface area contributed by atoms with Gasteiger partial charge in [0.15, 0.2) is 6.61 Å². The molecule has 0 bridgehead atoms. The Hall–Kier alpha value is -2.54. The van der Waals surface area contributed by atoms with Crippen LogP contribution in [0.5, 0.6) is 5.75 Å². The average molecular weight is 376 g/mol. The molecular weight excluding hydrogens is 352 g/mol. The minimum atomic E-state index is -3.34. The Kier molecular flexibility index (Phi) is 6.26. The van der Waals surface area contributed by atoms with Gasteiger partial charge in [-0.3, -0.25) is 9.52 Å². The lowest BCUT2D eigenvalue weighted by Gasteiger charge is -2.13. The molecule has 0 aromatic heterocycles. The number of aryl methyl sites for hydroxylation is 3. The first kappa shape index (κ1) is 19.8. The molecule has 1 amide bonds. The van der Waals surface area contributed by atoms with E-state index in [0.717, 1.165) is 16.7 Å². The summed E-state index contributed by atoms with van der Waals surface area (Å²) >= 11 is 0. The number of anilines is 2. The fraction of sp³-hybridized carbons (Fsp3) is 0.316. The fourth-order valence-electron chi connectivity index (χ4n) is 2.30. The molecule has 6 nitrogen and oxygen atoms in total. The monoisotopic (exact) mass is 376 g/mol. The maximum absolute atomic E-state index is 12.1. The maximum atomic E-state index is 12.1. The lowest BCUT2D eigenvalue weighted by Crippen LogP contribution is -2.20. The van der Waals surface area contributed by atoms with Crippen LogP contribution in [0.15, 0.2) is 36.4 Å². The quantitative estimate of drug-likeness (QED) is 0.776. The van der Waals surface area contributed by atoms with Crippen molar-refractivity contribution in [2.45, 2.75) is 27.7 Å². The Morgan fingerprint density at radius 3 is 2.42 bits per heavy atom. The van der Waals surface area contributed by atoms with Gasteiger partial charge in [-0.15, -0.1) is 0 Å². The number of ether oxygens (including phenoxy) is 1. The van der Waals surface area contributed by atoms with E-state index in [0.29, 0.717) is 17.1 Å². The maximum Gasteiger partial charge on any atom is 0.262 e. The molecule has 140 valence electrons. The second-order valence-electron chi connectivity index (χ2n) is 6.14. The minimum Gasteiger partial charge on any atom is -0.483 e. The van der Waals surface area contributed by atoms with Crippen LogP contribution in [0.25, 0.3) is 0 Å². The molecule has 0 saturated carbocycles. The van der Waals surface area contributed by atoms with E-state index in [-0.39, 0.29) is 18.3 Å². The Bertz CT molecular complexity index is 908. The summed E-state index contributed by atoms with van der Waals surface area (Å²) in [4.78, 5) is 12.1. The van der Waals surface area contributed by atoms with Gasteiger partial charge in [-0.05, 0) is 68.7 Å². The van der Waals surface area contributed by atoms with Crippen LogP contribution < -0.4 is 14.8 Å². The second-order valence-corrected chi connectivity index (χ2v) is 8.15. The van der Waals surface area contributed by atoms with Crippen LogP contribution in [0, 0.1) is 20.8 Å².